The van der Waals surface area contributed by atoms with E-state index in [4.69, 9.17) is 0 Å². The number of rotatable bonds is 11. The number of hydrogen-bond donors (Lipinski definition) is 1. The average molecular weight is 424 g/mol. The summed E-state index contributed by atoms with van der Waals surface area (Å²) in [6.07, 6.45) is 0. The van der Waals surface area contributed by atoms with E-state index in [9.17, 15) is 13.2 Å². The minimum atomic E-state index is -3.50. The molecule has 2 rings (SSSR count). The first-order valence-electron chi connectivity index (χ1n) is 9.35. The number of hydrogen-bond acceptors (Lipinski definition) is 6. The molecule has 0 bridgehead atoms. The topological polar surface area (TPSA) is 69.7 Å². The van der Waals surface area contributed by atoms with Crippen LogP contribution in [0.2, 0.25) is 0 Å². The van der Waals surface area contributed by atoms with Crippen molar-refractivity contribution in [3.8, 4) is 0 Å². The highest BCUT2D eigenvalue weighted by Gasteiger charge is 2.22. The van der Waals surface area contributed by atoms with Gasteiger partial charge in [-0.3, -0.25) is 4.79 Å². The van der Waals surface area contributed by atoms with E-state index in [1.54, 1.807) is 23.5 Å². The van der Waals surface area contributed by atoms with Crippen molar-refractivity contribution in [1.29, 1.82) is 0 Å². The number of nitrogens with zero attached hydrogens (tertiary/aromatic N) is 2. The molecule has 2 aromatic rings. The van der Waals surface area contributed by atoms with Crippen LogP contribution in [0.5, 0.6) is 0 Å². The Kier molecular flexibility index (Phi) is 8.33. The molecule has 1 heterocycles. The van der Waals surface area contributed by atoms with Gasteiger partial charge in [0.1, 0.15) is 0 Å². The van der Waals surface area contributed by atoms with Crippen LogP contribution in [0.15, 0.2) is 46.7 Å². The minimum absolute atomic E-state index is 0.0597. The molecule has 0 saturated heterocycles. The number of carbonyl (C=O) groups excluding carboxylic acids is 1. The van der Waals surface area contributed by atoms with Crippen LogP contribution in [0.4, 0.5) is 0 Å². The van der Waals surface area contributed by atoms with E-state index >= 15 is 0 Å². The fourth-order valence-corrected chi connectivity index (χ4v) is 5.35. The van der Waals surface area contributed by atoms with Gasteiger partial charge in [0.25, 0.3) is 0 Å². The van der Waals surface area contributed by atoms with Crippen molar-refractivity contribution < 1.29 is 13.2 Å². The molecule has 0 aliphatic rings. The van der Waals surface area contributed by atoms with Crippen LogP contribution >= 0.6 is 11.3 Å². The van der Waals surface area contributed by atoms with Gasteiger partial charge in [0.2, 0.25) is 10.0 Å². The molecule has 0 aliphatic heterocycles. The largest absolute Gasteiger partial charge is 0.308 e. The van der Waals surface area contributed by atoms with E-state index < -0.39 is 10.0 Å². The molecule has 0 spiro atoms. The summed E-state index contributed by atoms with van der Waals surface area (Å²) in [5, 5.41) is 5.27. The van der Waals surface area contributed by atoms with Gasteiger partial charge >= 0.3 is 0 Å². The maximum absolute atomic E-state index is 12.5. The number of nitrogens with one attached hydrogen (secondary N) is 1. The van der Waals surface area contributed by atoms with Crippen LogP contribution in [-0.4, -0.2) is 63.7 Å². The van der Waals surface area contributed by atoms with Crippen molar-refractivity contribution in [2.24, 2.45) is 0 Å². The Labute approximate surface area is 172 Å². The second-order valence-electron chi connectivity index (χ2n) is 6.66. The molecule has 28 heavy (non-hydrogen) atoms. The van der Waals surface area contributed by atoms with Gasteiger partial charge in [-0.25, -0.2) is 8.42 Å². The Balaban J connectivity index is 1.98. The average Bonchev–Trinajstić information content (AvgIpc) is 3.20. The minimum Gasteiger partial charge on any atom is -0.308 e. The van der Waals surface area contributed by atoms with Crippen molar-refractivity contribution in [1.82, 2.24) is 14.5 Å². The van der Waals surface area contributed by atoms with Gasteiger partial charge in [0, 0.05) is 30.1 Å². The summed E-state index contributed by atoms with van der Waals surface area (Å²) in [6.45, 7) is 5.32. The van der Waals surface area contributed by atoms with Crippen molar-refractivity contribution in [2.75, 3.05) is 40.3 Å². The lowest BCUT2D eigenvalue weighted by molar-refractivity contribution is 0.0988. The van der Waals surface area contributed by atoms with Crippen LogP contribution in [0.25, 0.3) is 0 Å². The van der Waals surface area contributed by atoms with Crippen molar-refractivity contribution in [3.05, 3.63) is 52.2 Å². The van der Waals surface area contributed by atoms with Gasteiger partial charge in [-0.1, -0.05) is 32.0 Å². The molecular weight excluding hydrogens is 394 g/mol. The standard InChI is InChI=1S/C20H29N3O3S2/c1-5-23(6-2)28(25,26)17-11-9-16(10-12-17)19(24)15-21-14-18(22(3)4)20-8-7-13-27-20/h7-13,18,21H,5-6,14-15H2,1-4H3. The monoisotopic (exact) mass is 423 g/mol. The molecule has 0 amide bonds. The van der Waals surface area contributed by atoms with E-state index in [1.165, 1.54) is 21.3 Å². The summed E-state index contributed by atoms with van der Waals surface area (Å²) in [5.74, 6) is -0.0597. The molecule has 0 aliphatic carbocycles. The second-order valence-corrected chi connectivity index (χ2v) is 9.58. The number of carbonyl (C=O) groups is 1. The van der Waals surface area contributed by atoms with Gasteiger partial charge in [0.05, 0.1) is 17.5 Å². The fraction of sp³-hybridized carbons (Fsp3) is 0.450. The molecule has 6 nitrogen and oxygen atoms in total. The molecule has 1 atom stereocenters. The number of thiophene rings is 1. The Bertz CT molecular complexity index is 843. The van der Waals surface area contributed by atoms with Crippen LogP contribution < -0.4 is 5.32 Å². The lowest BCUT2D eigenvalue weighted by Crippen LogP contribution is -2.33. The molecule has 1 aromatic heterocycles. The molecule has 8 heteroatoms. The second kappa shape index (κ2) is 10.3. The van der Waals surface area contributed by atoms with Crippen molar-refractivity contribution >= 4 is 27.1 Å². The molecule has 1 N–H and O–H groups in total. The molecular formula is C20H29N3O3S2. The van der Waals surface area contributed by atoms with Crippen molar-refractivity contribution in [2.45, 2.75) is 24.8 Å². The highest BCUT2D eigenvalue weighted by Crippen LogP contribution is 2.22. The normalized spacial score (nSPS) is 13.2. The number of sulfonamides is 1. The molecule has 0 saturated carbocycles. The van der Waals surface area contributed by atoms with E-state index in [-0.39, 0.29) is 23.3 Å². The zero-order chi connectivity index (χ0) is 20.7. The summed E-state index contributed by atoms with van der Waals surface area (Å²) in [4.78, 5) is 16.0. The van der Waals surface area contributed by atoms with E-state index in [1.807, 2.05) is 39.4 Å². The van der Waals surface area contributed by atoms with Gasteiger partial charge in [-0.05, 0) is 37.7 Å². The summed E-state index contributed by atoms with van der Waals surface area (Å²) in [6, 6.07) is 10.5. The molecule has 0 fully saturated rings. The SMILES string of the molecule is CCN(CC)S(=O)(=O)c1ccc(C(=O)CNCC(c2cccs2)N(C)C)cc1. The first-order valence-corrected chi connectivity index (χ1v) is 11.7. The quantitative estimate of drug-likeness (QED) is 0.563. The maximum Gasteiger partial charge on any atom is 0.243 e. The third kappa shape index (κ3) is 5.48. The lowest BCUT2D eigenvalue weighted by Gasteiger charge is -2.23. The predicted octanol–water partition coefficient (Wildman–Crippen LogP) is 2.85. The molecule has 1 unspecified atom stereocenters. The van der Waals surface area contributed by atoms with E-state index in [2.05, 4.69) is 16.3 Å². The Morgan fingerprint density at radius 2 is 1.75 bits per heavy atom. The first kappa shape index (κ1) is 22.7. The zero-order valence-corrected chi connectivity index (χ0v) is 18.5. The number of likely N-dealkylation sites (N-methyl/N-ethyl adjacent to an activating group) is 1. The van der Waals surface area contributed by atoms with Crippen molar-refractivity contribution in [3.63, 3.8) is 0 Å². The summed E-state index contributed by atoms with van der Waals surface area (Å²) in [5.41, 5.74) is 0.503. The third-order valence-corrected chi connectivity index (χ3v) is 7.68. The van der Waals surface area contributed by atoms with Crippen LogP contribution in [0.1, 0.15) is 35.1 Å². The number of benzene rings is 1. The fourth-order valence-electron chi connectivity index (χ4n) is 2.97. The number of ketones is 1. The summed E-state index contributed by atoms with van der Waals surface area (Å²) >= 11 is 1.70. The smallest absolute Gasteiger partial charge is 0.243 e. The molecule has 154 valence electrons. The van der Waals surface area contributed by atoms with E-state index in [0.717, 1.165) is 0 Å². The van der Waals surface area contributed by atoms with Gasteiger partial charge in [-0.2, -0.15) is 4.31 Å². The van der Waals surface area contributed by atoms with Gasteiger partial charge in [-0.15, -0.1) is 11.3 Å². The molecule has 0 radical (unpaired) electrons. The third-order valence-electron chi connectivity index (χ3n) is 4.64. The summed E-state index contributed by atoms with van der Waals surface area (Å²) in [7, 11) is 0.529. The lowest BCUT2D eigenvalue weighted by atomic mass is 10.1. The summed E-state index contributed by atoms with van der Waals surface area (Å²) < 4.78 is 26.4. The Morgan fingerprint density at radius 3 is 2.25 bits per heavy atom. The highest BCUT2D eigenvalue weighted by atomic mass is 32.2. The van der Waals surface area contributed by atoms with Crippen LogP contribution in [0, 0.1) is 0 Å². The van der Waals surface area contributed by atoms with Crippen LogP contribution in [0.3, 0.4) is 0 Å². The Hall–Kier alpha value is -1.58. The highest BCUT2D eigenvalue weighted by molar-refractivity contribution is 7.89. The predicted molar refractivity (Wildman–Crippen MR) is 114 cm³/mol. The zero-order valence-electron chi connectivity index (χ0n) is 16.9. The van der Waals surface area contributed by atoms with E-state index in [0.29, 0.717) is 25.2 Å². The first-order chi connectivity index (χ1) is 13.3. The van der Waals surface area contributed by atoms with Crippen LogP contribution in [-0.2, 0) is 10.0 Å². The Morgan fingerprint density at radius 1 is 1.11 bits per heavy atom. The van der Waals surface area contributed by atoms with Gasteiger partial charge in [0.15, 0.2) is 5.78 Å². The number of Topliss-reactive ketones (excluding diaryl/α,β-unsaturated/α-hetero) is 1. The maximum atomic E-state index is 12.5. The molecule has 1 aromatic carbocycles. The van der Waals surface area contributed by atoms with Gasteiger partial charge < -0.3 is 10.2 Å².